The average Bonchev–Trinajstić information content (AvgIpc) is 3.25. The van der Waals surface area contributed by atoms with E-state index >= 15 is 0 Å². The average molecular weight is 482 g/mol. The predicted molar refractivity (Wildman–Crippen MR) is 134 cm³/mol. The SMILES string of the molecule is COC(=O)[C@H](CCSC)NC(=O)c1cccc(C=C(Cn2cncc2C)c2ccc(F)cc2)c1. The lowest BCUT2D eigenvalue weighted by atomic mass is 10.0. The smallest absolute Gasteiger partial charge is 0.328 e. The first-order chi connectivity index (χ1) is 16.4. The van der Waals surface area contributed by atoms with E-state index in [1.54, 1.807) is 54.6 Å². The largest absolute Gasteiger partial charge is 0.467 e. The molecule has 1 heterocycles. The Balaban J connectivity index is 1.89. The van der Waals surface area contributed by atoms with E-state index in [4.69, 9.17) is 4.74 Å². The Morgan fingerprint density at radius 2 is 1.97 bits per heavy atom. The van der Waals surface area contributed by atoms with Crippen LogP contribution in [0.15, 0.2) is 61.1 Å². The van der Waals surface area contributed by atoms with Gasteiger partial charge in [0.1, 0.15) is 11.9 Å². The number of hydrogen-bond donors (Lipinski definition) is 1. The van der Waals surface area contributed by atoms with Gasteiger partial charge in [0.2, 0.25) is 0 Å². The number of nitrogens with one attached hydrogen (secondary N) is 1. The second-order valence-electron chi connectivity index (χ2n) is 7.80. The summed E-state index contributed by atoms with van der Waals surface area (Å²) in [6.45, 7) is 2.50. The molecule has 0 spiro atoms. The maximum atomic E-state index is 13.5. The third kappa shape index (κ3) is 6.81. The van der Waals surface area contributed by atoms with Crippen LogP contribution in [-0.4, -0.2) is 46.6 Å². The maximum Gasteiger partial charge on any atom is 0.328 e. The number of carbonyl (C=O) groups excluding carboxylic acids is 2. The van der Waals surface area contributed by atoms with Crippen molar-refractivity contribution in [1.29, 1.82) is 0 Å². The van der Waals surface area contributed by atoms with Gasteiger partial charge in [0, 0.05) is 24.0 Å². The van der Waals surface area contributed by atoms with Crippen molar-refractivity contribution < 1.29 is 18.7 Å². The second kappa shape index (κ2) is 12.2. The lowest BCUT2D eigenvalue weighted by Crippen LogP contribution is -2.41. The first-order valence-corrected chi connectivity index (χ1v) is 12.2. The first kappa shape index (κ1) is 25.2. The van der Waals surface area contributed by atoms with Crippen LogP contribution in [0, 0.1) is 12.7 Å². The van der Waals surface area contributed by atoms with Crippen molar-refractivity contribution in [3.63, 3.8) is 0 Å². The summed E-state index contributed by atoms with van der Waals surface area (Å²) in [7, 11) is 1.31. The van der Waals surface area contributed by atoms with E-state index in [0.717, 1.165) is 28.1 Å². The van der Waals surface area contributed by atoms with Crippen LogP contribution in [-0.2, 0) is 16.1 Å². The minimum absolute atomic E-state index is 0.304. The topological polar surface area (TPSA) is 73.2 Å². The van der Waals surface area contributed by atoms with Crippen LogP contribution >= 0.6 is 11.8 Å². The molecule has 1 N–H and O–H groups in total. The minimum Gasteiger partial charge on any atom is -0.467 e. The number of carbonyl (C=O) groups is 2. The number of rotatable bonds is 10. The summed E-state index contributed by atoms with van der Waals surface area (Å²) in [4.78, 5) is 29.1. The van der Waals surface area contributed by atoms with Gasteiger partial charge in [-0.3, -0.25) is 4.79 Å². The zero-order chi connectivity index (χ0) is 24.5. The number of aryl methyl sites for hydroxylation is 1. The summed E-state index contributed by atoms with van der Waals surface area (Å²) in [6.07, 6.45) is 7.92. The van der Waals surface area contributed by atoms with Gasteiger partial charge in [-0.1, -0.05) is 24.3 Å². The molecule has 1 aromatic heterocycles. The first-order valence-electron chi connectivity index (χ1n) is 10.8. The number of allylic oxidation sites excluding steroid dienone is 1. The molecule has 0 aliphatic heterocycles. The Kier molecular flexibility index (Phi) is 9.04. The van der Waals surface area contributed by atoms with Crippen LogP contribution in [0.25, 0.3) is 11.6 Å². The van der Waals surface area contributed by atoms with Gasteiger partial charge in [-0.2, -0.15) is 11.8 Å². The molecular weight excluding hydrogens is 453 g/mol. The van der Waals surface area contributed by atoms with Crippen molar-refractivity contribution in [2.24, 2.45) is 0 Å². The molecule has 0 saturated heterocycles. The number of methoxy groups -OCH3 is 1. The number of thioether (sulfide) groups is 1. The molecule has 0 aliphatic rings. The van der Waals surface area contributed by atoms with Gasteiger partial charge in [0.15, 0.2) is 0 Å². The Bertz CT molecular complexity index is 1160. The quantitative estimate of drug-likeness (QED) is 0.339. The monoisotopic (exact) mass is 481 g/mol. The van der Waals surface area contributed by atoms with E-state index in [0.29, 0.717) is 18.5 Å². The van der Waals surface area contributed by atoms with Crippen LogP contribution in [0.5, 0.6) is 0 Å². The van der Waals surface area contributed by atoms with Crippen molar-refractivity contribution in [2.75, 3.05) is 19.1 Å². The van der Waals surface area contributed by atoms with E-state index in [9.17, 15) is 14.0 Å². The van der Waals surface area contributed by atoms with Crippen molar-refractivity contribution in [2.45, 2.75) is 25.9 Å². The van der Waals surface area contributed by atoms with Crippen molar-refractivity contribution >= 4 is 35.3 Å². The lowest BCUT2D eigenvalue weighted by Gasteiger charge is -2.16. The number of halogens is 1. The highest BCUT2D eigenvalue weighted by molar-refractivity contribution is 7.98. The van der Waals surface area contributed by atoms with Crippen LogP contribution < -0.4 is 5.32 Å². The van der Waals surface area contributed by atoms with Gasteiger partial charge in [0.25, 0.3) is 5.91 Å². The van der Waals surface area contributed by atoms with Gasteiger partial charge in [-0.15, -0.1) is 0 Å². The molecule has 6 nitrogen and oxygen atoms in total. The molecule has 34 heavy (non-hydrogen) atoms. The standard InChI is InChI=1S/C26H28FN3O3S/c1-18-15-28-17-30(18)16-22(20-7-9-23(27)10-8-20)14-19-5-4-6-21(13-19)25(31)29-24(11-12-34-3)26(32)33-2/h4-10,13-15,17,24H,11-12,16H2,1-3H3,(H,29,31)/t24-/m0/s1. The molecule has 2 aromatic carbocycles. The Morgan fingerprint density at radius 1 is 1.21 bits per heavy atom. The van der Waals surface area contributed by atoms with E-state index in [-0.39, 0.29) is 11.7 Å². The summed E-state index contributed by atoms with van der Waals surface area (Å²) in [6, 6.07) is 12.8. The Hall–Kier alpha value is -3.39. The summed E-state index contributed by atoms with van der Waals surface area (Å²) >= 11 is 1.59. The van der Waals surface area contributed by atoms with E-state index < -0.39 is 12.0 Å². The molecule has 0 aliphatic carbocycles. The molecule has 0 radical (unpaired) electrons. The molecule has 8 heteroatoms. The molecule has 178 valence electrons. The van der Waals surface area contributed by atoms with Crippen LogP contribution in [0.1, 0.15) is 33.6 Å². The molecular formula is C26H28FN3O3S. The van der Waals surface area contributed by atoms with E-state index in [2.05, 4.69) is 10.3 Å². The molecule has 0 fully saturated rings. The van der Waals surface area contributed by atoms with Crippen molar-refractivity contribution in [1.82, 2.24) is 14.9 Å². The van der Waals surface area contributed by atoms with E-state index in [1.165, 1.54) is 19.2 Å². The third-order valence-corrected chi connectivity index (χ3v) is 6.01. The molecule has 3 aromatic rings. The van der Waals surface area contributed by atoms with Gasteiger partial charge in [-0.25, -0.2) is 14.2 Å². The summed E-state index contributed by atoms with van der Waals surface area (Å²) in [5.74, 6) is -0.396. The summed E-state index contributed by atoms with van der Waals surface area (Å²) in [5, 5.41) is 2.78. The highest BCUT2D eigenvalue weighted by Gasteiger charge is 2.21. The summed E-state index contributed by atoms with van der Waals surface area (Å²) in [5.41, 5.74) is 4.05. The number of esters is 1. The fourth-order valence-corrected chi connectivity index (χ4v) is 3.93. The zero-order valence-corrected chi connectivity index (χ0v) is 20.3. The second-order valence-corrected chi connectivity index (χ2v) is 8.78. The fourth-order valence-electron chi connectivity index (χ4n) is 3.46. The zero-order valence-electron chi connectivity index (χ0n) is 19.5. The molecule has 3 rings (SSSR count). The van der Waals surface area contributed by atoms with Crippen molar-refractivity contribution in [3.8, 4) is 0 Å². The molecule has 0 unspecified atom stereocenters. The Labute approximate surface area is 203 Å². The number of hydrogen-bond acceptors (Lipinski definition) is 5. The van der Waals surface area contributed by atoms with Crippen molar-refractivity contribution in [3.05, 3.63) is 89.3 Å². The third-order valence-electron chi connectivity index (χ3n) is 5.37. The highest BCUT2D eigenvalue weighted by atomic mass is 32.2. The Morgan fingerprint density at radius 3 is 2.62 bits per heavy atom. The van der Waals surface area contributed by atoms with Gasteiger partial charge in [-0.05, 0) is 72.4 Å². The molecule has 1 amide bonds. The normalized spacial score (nSPS) is 12.3. The molecule has 1 atom stereocenters. The fraction of sp³-hybridized carbons (Fsp3) is 0.269. The van der Waals surface area contributed by atoms with Crippen LogP contribution in [0.4, 0.5) is 4.39 Å². The highest BCUT2D eigenvalue weighted by Crippen LogP contribution is 2.22. The number of aromatic nitrogens is 2. The number of imidazole rings is 1. The lowest BCUT2D eigenvalue weighted by molar-refractivity contribution is -0.142. The van der Waals surface area contributed by atoms with Gasteiger partial charge < -0.3 is 14.6 Å². The van der Waals surface area contributed by atoms with E-state index in [1.807, 2.05) is 29.9 Å². The minimum atomic E-state index is -0.705. The predicted octanol–water partition coefficient (Wildman–Crippen LogP) is 4.60. The number of amides is 1. The van der Waals surface area contributed by atoms with Gasteiger partial charge >= 0.3 is 5.97 Å². The molecule has 0 bridgehead atoms. The van der Waals surface area contributed by atoms with Gasteiger partial charge in [0.05, 0.1) is 13.4 Å². The van der Waals surface area contributed by atoms with Crippen LogP contribution in [0.2, 0.25) is 0 Å². The summed E-state index contributed by atoms with van der Waals surface area (Å²) < 4.78 is 20.3. The maximum absolute atomic E-state index is 13.5. The number of ether oxygens (including phenoxy) is 1. The number of benzene rings is 2. The molecule has 0 saturated carbocycles. The number of nitrogens with zero attached hydrogens (tertiary/aromatic N) is 2. The van der Waals surface area contributed by atoms with Crippen LogP contribution in [0.3, 0.4) is 0 Å².